The minimum Gasteiger partial charge on any atom is -0.491 e. The lowest BCUT2D eigenvalue weighted by Gasteiger charge is -2.23. The third kappa shape index (κ3) is 6.64. The Morgan fingerprint density at radius 3 is 1.42 bits per heavy atom. The van der Waals surface area contributed by atoms with Gasteiger partial charge in [-0.1, -0.05) is 36.4 Å². The molecule has 0 bridgehead atoms. The van der Waals surface area contributed by atoms with Crippen LogP contribution in [0, 0.1) is 0 Å². The number of aliphatic hydroxyl groups excluding tert-OH is 2. The van der Waals surface area contributed by atoms with E-state index in [2.05, 4.69) is 34.1 Å². The number of ether oxygens (including phenoxy) is 2. The summed E-state index contributed by atoms with van der Waals surface area (Å²) in [7, 11) is -3.75. The Morgan fingerprint density at radius 1 is 0.605 bits per heavy atom. The van der Waals surface area contributed by atoms with Gasteiger partial charge in [-0.3, -0.25) is 0 Å². The minimum absolute atomic E-state index is 0.103. The molecule has 2 aliphatic rings. The first kappa shape index (κ1) is 29.0. The first-order chi connectivity index (χ1) is 20.9. The van der Waals surface area contributed by atoms with Crippen molar-refractivity contribution < 1.29 is 28.1 Å². The molecule has 0 unspecified atom stereocenters. The molecule has 0 saturated carbocycles. The van der Waals surface area contributed by atoms with Gasteiger partial charge in [0.05, 0.1) is 9.79 Å². The van der Waals surface area contributed by atoms with Crippen molar-refractivity contribution in [3.63, 3.8) is 0 Å². The molecule has 0 saturated heterocycles. The monoisotopic (exact) mass is 600 g/mol. The highest BCUT2D eigenvalue weighted by molar-refractivity contribution is 7.91. The Morgan fingerprint density at radius 2 is 1.00 bits per heavy atom. The maximum Gasteiger partial charge on any atom is 0.206 e. The fraction of sp³-hybridized carbons (Fsp3) is 0.294. The Kier molecular flexibility index (Phi) is 8.56. The molecule has 0 amide bonds. The van der Waals surface area contributed by atoms with Gasteiger partial charge in [-0.2, -0.15) is 0 Å². The molecule has 6 rings (SSSR count). The van der Waals surface area contributed by atoms with Crippen LogP contribution in [0.1, 0.15) is 11.1 Å². The van der Waals surface area contributed by atoms with Gasteiger partial charge >= 0.3 is 0 Å². The maximum atomic E-state index is 13.2. The summed E-state index contributed by atoms with van der Waals surface area (Å²) in [5.74, 6) is 0.971. The Bertz CT molecular complexity index is 1530. The summed E-state index contributed by atoms with van der Waals surface area (Å²) in [5.41, 5.74) is 4.87. The van der Waals surface area contributed by atoms with E-state index in [9.17, 15) is 18.6 Å². The molecule has 2 aliphatic heterocycles. The fourth-order valence-electron chi connectivity index (χ4n) is 5.76. The molecule has 2 atom stereocenters. The summed E-state index contributed by atoms with van der Waals surface area (Å²) in [6, 6.07) is 28.8. The zero-order chi connectivity index (χ0) is 29.8. The molecule has 9 heteroatoms. The molecule has 0 aromatic heterocycles. The Balaban J connectivity index is 0.984. The second kappa shape index (κ2) is 12.7. The van der Waals surface area contributed by atoms with Crippen LogP contribution in [0.3, 0.4) is 0 Å². The summed E-state index contributed by atoms with van der Waals surface area (Å²) < 4.78 is 37.9. The summed E-state index contributed by atoms with van der Waals surface area (Å²) in [4.78, 5) is 4.60. The second-order valence-electron chi connectivity index (χ2n) is 11.0. The highest BCUT2D eigenvalue weighted by Gasteiger charge is 2.23. The number of sulfone groups is 1. The van der Waals surface area contributed by atoms with Gasteiger partial charge in [0, 0.05) is 37.6 Å². The minimum atomic E-state index is -3.75. The van der Waals surface area contributed by atoms with Crippen molar-refractivity contribution in [1.82, 2.24) is 0 Å². The molecule has 2 N–H and O–H groups in total. The molecule has 0 radical (unpaired) electrons. The molecule has 4 aromatic rings. The first-order valence-corrected chi connectivity index (χ1v) is 16.1. The highest BCUT2D eigenvalue weighted by Crippen LogP contribution is 2.29. The quantitative estimate of drug-likeness (QED) is 0.251. The van der Waals surface area contributed by atoms with Gasteiger partial charge in [0.15, 0.2) is 0 Å². The predicted octanol–water partition coefficient (Wildman–Crippen LogP) is 4.12. The lowest BCUT2D eigenvalue weighted by molar-refractivity contribution is 0.112. The molecule has 0 fully saturated rings. The summed E-state index contributed by atoms with van der Waals surface area (Å²) >= 11 is 0. The average Bonchev–Trinajstić information content (AvgIpc) is 3.63. The number of hydrogen-bond acceptors (Lipinski definition) is 8. The summed E-state index contributed by atoms with van der Waals surface area (Å²) in [6.07, 6.45) is 0.558. The summed E-state index contributed by atoms with van der Waals surface area (Å²) in [5, 5.41) is 21.1. The highest BCUT2D eigenvalue weighted by atomic mass is 32.2. The van der Waals surface area contributed by atoms with Crippen LogP contribution in [-0.4, -0.2) is 70.2 Å². The largest absolute Gasteiger partial charge is 0.491 e. The van der Waals surface area contributed by atoms with Crippen molar-refractivity contribution in [2.75, 3.05) is 49.2 Å². The number of anilines is 2. The van der Waals surface area contributed by atoms with E-state index in [1.165, 1.54) is 35.4 Å². The standard InChI is InChI=1S/C34H36N2O6S/c37-27(21-35-19-17-25-5-1-3-7-33(25)35)23-41-29-9-13-31(14-10-29)43(39,40)32-15-11-30(12-16-32)42-24-28(38)22-36-20-18-26-6-2-4-8-34(26)36/h1-16,27-28,37-38H,17-24H2/t27-,28+. The van der Waals surface area contributed by atoms with Gasteiger partial charge in [-0.05, 0) is 84.6 Å². The van der Waals surface area contributed by atoms with Gasteiger partial charge in [-0.25, -0.2) is 8.42 Å². The number of para-hydroxylation sites is 2. The lowest BCUT2D eigenvalue weighted by atomic mass is 10.2. The maximum absolute atomic E-state index is 13.2. The van der Waals surface area contributed by atoms with Crippen LogP contribution in [0.25, 0.3) is 0 Å². The van der Waals surface area contributed by atoms with Crippen molar-refractivity contribution in [3.05, 3.63) is 108 Å². The molecular formula is C34H36N2O6S. The smallest absolute Gasteiger partial charge is 0.206 e. The van der Waals surface area contributed by atoms with Gasteiger partial charge < -0.3 is 29.5 Å². The zero-order valence-electron chi connectivity index (χ0n) is 23.9. The van der Waals surface area contributed by atoms with E-state index < -0.39 is 22.0 Å². The van der Waals surface area contributed by atoms with E-state index in [0.717, 1.165) is 37.3 Å². The van der Waals surface area contributed by atoms with Gasteiger partial charge in [0.2, 0.25) is 9.84 Å². The molecular weight excluding hydrogens is 564 g/mol. The predicted molar refractivity (Wildman–Crippen MR) is 166 cm³/mol. The van der Waals surface area contributed by atoms with Crippen LogP contribution in [0.15, 0.2) is 107 Å². The van der Waals surface area contributed by atoms with E-state index in [1.54, 1.807) is 24.3 Å². The van der Waals surface area contributed by atoms with E-state index in [-0.39, 0.29) is 23.0 Å². The average molecular weight is 601 g/mol. The van der Waals surface area contributed by atoms with Crippen LogP contribution in [0.2, 0.25) is 0 Å². The number of β-amino-alcohol motifs (C(OH)–C–C–N with tert-alkyl or cyclic N) is 2. The van der Waals surface area contributed by atoms with Crippen molar-refractivity contribution in [3.8, 4) is 11.5 Å². The SMILES string of the molecule is O=S(=O)(c1ccc(OC[C@@H](O)CN2CCc3ccccc32)cc1)c1ccc(OC[C@H](O)CN2CCc3ccccc32)cc1. The zero-order valence-corrected chi connectivity index (χ0v) is 24.7. The normalized spacial score (nSPS) is 15.6. The number of nitrogens with zero attached hydrogens (tertiary/aromatic N) is 2. The van der Waals surface area contributed by atoms with Crippen LogP contribution in [0.5, 0.6) is 11.5 Å². The second-order valence-corrected chi connectivity index (χ2v) is 13.0. The number of fused-ring (bicyclic) bond motifs is 2. The molecule has 224 valence electrons. The number of aliphatic hydroxyl groups is 2. The van der Waals surface area contributed by atoms with Crippen LogP contribution in [-0.2, 0) is 22.7 Å². The van der Waals surface area contributed by atoms with Crippen LogP contribution >= 0.6 is 0 Å². The van der Waals surface area contributed by atoms with E-state index in [0.29, 0.717) is 24.6 Å². The van der Waals surface area contributed by atoms with Crippen LogP contribution in [0.4, 0.5) is 11.4 Å². The number of benzene rings is 4. The Labute approximate surface area is 252 Å². The fourth-order valence-corrected chi connectivity index (χ4v) is 7.02. The van der Waals surface area contributed by atoms with Crippen molar-refractivity contribution in [2.24, 2.45) is 0 Å². The molecule has 43 heavy (non-hydrogen) atoms. The molecule has 0 spiro atoms. The molecule has 2 heterocycles. The summed E-state index contributed by atoms with van der Waals surface area (Å²) in [6.45, 7) is 2.88. The van der Waals surface area contributed by atoms with E-state index in [4.69, 9.17) is 9.47 Å². The van der Waals surface area contributed by atoms with Crippen LogP contribution < -0.4 is 19.3 Å². The van der Waals surface area contributed by atoms with E-state index >= 15 is 0 Å². The topological polar surface area (TPSA) is 99.5 Å². The first-order valence-electron chi connectivity index (χ1n) is 14.6. The van der Waals surface area contributed by atoms with Crippen molar-refractivity contribution in [2.45, 2.75) is 34.8 Å². The lowest BCUT2D eigenvalue weighted by Crippen LogP contribution is -2.34. The molecule has 4 aromatic carbocycles. The molecule has 0 aliphatic carbocycles. The molecule has 8 nitrogen and oxygen atoms in total. The number of hydrogen-bond donors (Lipinski definition) is 2. The van der Waals surface area contributed by atoms with Gasteiger partial charge in [-0.15, -0.1) is 0 Å². The number of rotatable bonds is 12. The van der Waals surface area contributed by atoms with E-state index in [1.807, 2.05) is 24.3 Å². The van der Waals surface area contributed by atoms with Crippen molar-refractivity contribution >= 4 is 21.2 Å². The van der Waals surface area contributed by atoms with Gasteiger partial charge in [0.25, 0.3) is 0 Å². The Hall–Kier alpha value is -4.05. The third-order valence-electron chi connectivity index (χ3n) is 7.98. The van der Waals surface area contributed by atoms with Crippen molar-refractivity contribution in [1.29, 1.82) is 0 Å². The van der Waals surface area contributed by atoms with Gasteiger partial charge in [0.1, 0.15) is 36.9 Å². The third-order valence-corrected chi connectivity index (χ3v) is 9.77.